The lowest BCUT2D eigenvalue weighted by molar-refractivity contribution is 1.10. The molecule has 2 heterocycles. The van der Waals surface area contributed by atoms with Gasteiger partial charge in [0.1, 0.15) is 5.52 Å². The SMILES string of the molecule is CNc1nc(N(C)c2cccc(C)c2)c2[nH]cnc2n1. The number of aromatic amines is 1. The molecule has 0 amide bonds. The molecule has 6 nitrogen and oxygen atoms in total. The van der Waals surface area contributed by atoms with Gasteiger partial charge in [0.25, 0.3) is 0 Å². The first-order chi connectivity index (χ1) is 9.69. The van der Waals surface area contributed by atoms with Gasteiger partial charge in [-0.15, -0.1) is 0 Å². The molecule has 0 atom stereocenters. The maximum absolute atomic E-state index is 4.53. The molecule has 0 saturated heterocycles. The lowest BCUT2D eigenvalue weighted by Gasteiger charge is -2.19. The highest BCUT2D eigenvalue weighted by atomic mass is 15.2. The van der Waals surface area contributed by atoms with Crippen LogP contribution in [0.3, 0.4) is 0 Å². The molecule has 0 bridgehead atoms. The Kier molecular flexibility index (Phi) is 2.98. The van der Waals surface area contributed by atoms with E-state index in [4.69, 9.17) is 0 Å². The van der Waals surface area contributed by atoms with Gasteiger partial charge in [0.05, 0.1) is 6.33 Å². The zero-order chi connectivity index (χ0) is 14.1. The number of rotatable bonds is 3. The molecule has 102 valence electrons. The summed E-state index contributed by atoms with van der Waals surface area (Å²) >= 11 is 0. The number of aromatic nitrogens is 4. The molecule has 3 aromatic rings. The van der Waals surface area contributed by atoms with E-state index in [0.717, 1.165) is 17.0 Å². The quantitative estimate of drug-likeness (QED) is 0.763. The highest BCUT2D eigenvalue weighted by Gasteiger charge is 2.14. The minimum absolute atomic E-state index is 0.555. The van der Waals surface area contributed by atoms with Crippen LogP contribution in [0.1, 0.15) is 5.56 Å². The number of fused-ring (bicyclic) bond motifs is 1. The Morgan fingerprint density at radius 3 is 2.85 bits per heavy atom. The van der Waals surface area contributed by atoms with Gasteiger partial charge in [0, 0.05) is 19.8 Å². The number of aryl methyl sites for hydroxylation is 1. The van der Waals surface area contributed by atoms with Gasteiger partial charge in [-0.3, -0.25) is 0 Å². The number of anilines is 3. The fourth-order valence-electron chi connectivity index (χ4n) is 2.13. The van der Waals surface area contributed by atoms with E-state index in [-0.39, 0.29) is 0 Å². The van der Waals surface area contributed by atoms with Crippen LogP contribution in [0.15, 0.2) is 30.6 Å². The Labute approximate surface area is 116 Å². The van der Waals surface area contributed by atoms with Crippen molar-refractivity contribution >= 4 is 28.6 Å². The molecular weight excluding hydrogens is 252 g/mol. The number of nitrogens with one attached hydrogen (secondary N) is 2. The van der Waals surface area contributed by atoms with Crippen molar-refractivity contribution in [3.8, 4) is 0 Å². The van der Waals surface area contributed by atoms with E-state index in [1.165, 1.54) is 5.56 Å². The van der Waals surface area contributed by atoms with Crippen LogP contribution in [-0.2, 0) is 0 Å². The summed E-state index contributed by atoms with van der Waals surface area (Å²) in [6.07, 6.45) is 1.63. The van der Waals surface area contributed by atoms with Crippen molar-refractivity contribution in [1.82, 2.24) is 19.9 Å². The first-order valence-electron chi connectivity index (χ1n) is 6.38. The number of hydrogen-bond acceptors (Lipinski definition) is 5. The van der Waals surface area contributed by atoms with Crippen molar-refractivity contribution < 1.29 is 0 Å². The topological polar surface area (TPSA) is 69.7 Å². The average molecular weight is 268 g/mol. The van der Waals surface area contributed by atoms with Gasteiger partial charge < -0.3 is 15.2 Å². The van der Waals surface area contributed by atoms with Gasteiger partial charge in [-0.05, 0) is 24.6 Å². The fourth-order valence-corrected chi connectivity index (χ4v) is 2.13. The standard InChI is InChI=1S/C14H16N6/c1-9-5-4-6-10(7-9)20(3)13-11-12(17-8-16-11)18-14(15-2)19-13/h4-8H,1-3H3,(H2,15,16,17,18,19). The lowest BCUT2D eigenvalue weighted by atomic mass is 10.2. The summed E-state index contributed by atoms with van der Waals surface area (Å²) in [5.74, 6) is 1.35. The Bertz CT molecular complexity index is 748. The van der Waals surface area contributed by atoms with Crippen LogP contribution in [0.4, 0.5) is 17.5 Å². The van der Waals surface area contributed by atoms with E-state index in [1.54, 1.807) is 13.4 Å². The number of benzene rings is 1. The smallest absolute Gasteiger partial charge is 0.226 e. The van der Waals surface area contributed by atoms with Crippen molar-refractivity contribution in [1.29, 1.82) is 0 Å². The van der Waals surface area contributed by atoms with Crippen LogP contribution >= 0.6 is 0 Å². The minimum atomic E-state index is 0.555. The first kappa shape index (κ1) is 12.4. The number of nitrogens with zero attached hydrogens (tertiary/aromatic N) is 4. The Balaban J connectivity index is 2.15. The molecule has 2 aromatic heterocycles. The predicted octanol–water partition coefficient (Wildman–Crippen LogP) is 2.47. The molecule has 0 fully saturated rings. The first-order valence-corrected chi connectivity index (χ1v) is 6.38. The predicted molar refractivity (Wildman–Crippen MR) is 80.5 cm³/mol. The third-order valence-electron chi connectivity index (χ3n) is 3.20. The van der Waals surface area contributed by atoms with E-state index >= 15 is 0 Å². The highest BCUT2D eigenvalue weighted by molar-refractivity contribution is 5.86. The van der Waals surface area contributed by atoms with Crippen LogP contribution in [0.25, 0.3) is 11.2 Å². The monoisotopic (exact) mass is 268 g/mol. The van der Waals surface area contributed by atoms with E-state index in [1.807, 2.05) is 18.0 Å². The molecule has 2 N–H and O–H groups in total. The normalized spacial score (nSPS) is 10.8. The zero-order valence-corrected chi connectivity index (χ0v) is 11.7. The molecule has 3 rings (SSSR count). The Hall–Kier alpha value is -2.63. The van der Waals surface area contributed by atoms with Crippen molar-refractivity contribution in [2.45, 2.75) is 6.92 Å². The number of H-pyrrole nitrogens is 1. The molecule has 0 spiro atoms. The summed E-state index contributed by atoms with van der Waals surface area (Å²) in [7, 11) is 3.78. The van der Waals surface area contributed by atoms with Crippen LogP contribution in [0.5, 0.6) is 0 Å². The summed E-state index contributed by atoms with van der Waals surface area (Å²) in [5.41, 5.74) is 3.76. The highest BCUT2D eigenvalue weighted by Crippen LogP contribution is 2.28. The van der Waals surface area contributed by atoms with Crippen LogP contribution < -0.4 is 10.2 Å². The van der Waals surface area contributed by atoms with Crippen molar-refractivity contribution in [3.05, 3.63) is 36.2 Å². The van der Waals surface area contributed by atoms with Crippen molar-refractivity contribution in [2.24, 2.45) is 0 Å². The Morgan fingerprint density at radius 2 is 2.10 bits per heavy atom. The summed E-state index contributed by atoms with van der Waals surface area (Å²) in [5, 5.41) is 2.96. The maximum atomic E-state index is 4.53. The van der Waals surface area contributed by atoms with Crippen molar-refractivity contribution in [2.75, 3.05) is 24.3 Å². The zero-order valence-electron chi connectivity index (χ0n) is 11.7. The van der Waals surface area contributed by atoms with E-state index in [0.29, 0.717) is 11.6 Å². The van der Waals surface area contributed by atoms with E-state index in [9.17, 15) is 0 Å². The summed E-state index contributed by atoms with van der Waals surface area (Å²) in [4.78, 5) is 18.2. The molecule has 0 aliphatic rings. The molecule has 6 heteroatoms. The molecule has 1 aromatic carbocycles. The molecule has 0 radical (unpaired) electrons. The number of imidazole rings is 1. The summed E-state index contributed by atoms with van der Waals surface area (Å²) in [6.45, 7) is 2.07. The second kappa shape index (κ2) is 4.80. The largest absolute Gasteiger partial charge is 0.357 e. The average Bonchev–Trinajstić information content (AvgIpc) is 2.93. The third kappa shape index (κ3) is 2.05. The van der Waals surface area contributed by atoms with E-state index < -0.39 is 0 Å². The van der Waals surface area contributed by atoms with Gasteiger partial charge >= 0.3 is 0 Å². The third-order valence-corrected chi connectivity index (χ3v) is 3.20. The van der Waals surface area contributed by atoms with Crippen LogP contribution in [0, 0.1) is 6.92 Å². The summed E-state index contributed by atoms with van der Waals surface area (Å²) < 4.78 is 0. The van der Waals surface area contributed by atoms with Gasteiger partial charge in [-0.2, -0.15) is 9.97 Å². The van der Waals surface area contributed by atoms with Gasteiger partial charge in [0.15, 0.2) is 11.5 Å². The molecular formula is C14H16N6. The fraction of sp³-hybridized carbons (Fsp3) is 0.214. The molecule has 0 aliphatic heterocycles. The second-order valence-electron chi connectivity index (χ2n) is 4.62. The maximum Gasteiger partial charge on any atom is 0.226 e. The van der Waals surface area contributed by atoms with E-state index in [2.05, 4.69) is 50.4 Å². The van der Waals surface area contributed by atoms with Crippen LogP contribution in [-0.4, -0.2) is 34.0 Å². The number of hydrogen-bond donors (Lipinski definition) is 2. The Morgan fingerprint density at radius 1 is 1.25 bits per heavy atom. The molecule has 0 aliphatic carbocycles. The van der Waals surface area contributed by atoms with Gasteiger partial charge in [-0.1, -0.05) is 12.1 Å². The molecule has 0 unspecified atom stereocenters. The van der Waals surface area contributed by atoms with Crippen LogP contribution in [0.2, 0.25) is 0 Å². The molecule has 0 saturated carbocycles. The lowest BCUT2D eigenvalue weighted by Crippen LogP contribution is -2.13. The van der Waals surface area contributed by atoms with Gasteiger partial charge in [-0.25, -0.2) is 4.98 Å². The van der Waals surface area contributed by atoms with Gasteiger partial charge in [0.2, 0.25) is 5.95 Å². The molecule has 20 heavy (non-hydrogen) atoms. The van der Waals surface area contributed by atoms with Crippen molar-refractivity contribution in [3.63, 3.8) is 0 Å². The second-order valence-corrected chi connectivity index (χ2v) is 4.62. The minimum Gasteiger partial charge on any atom is -0.357 e. The summed E-state index contributed by atoms with van der Waals surface area (Å²) in [6, 6.07) is 8.27.